The van der Waals surface area contributed by atoms with Crippen molar-refractivity contribution in [2.45, 2.75) is 38.8 Å². The van der Waals surface area contributed by atoms with Crippen molar-refractivity contribution in [2.24, 2.45) is 0 Å². The predicted octanol–water partition coefficient (Wildman–Crippen LogP) is 2.44. The van der Waals surface area contributed by atoms with E-state index in [1.54, 1.807) is 0 Å². The standard InChI is InChI=1S/C17H24N2/c1-3-11-19-12-9-17(10-13-19)18-14-16-7-5-15(4-2)6-8-16/h1,5-8,17-18H,4,9-14H2,2H3. The van der Waals surface area contributed by atoms with Crippen LogP contribution in [-0.4, -0.2) is 30.6 Å². The molecule has 2 heteroatoms. The second-order valence-electron chi connectivity index (χ2n) is 5.31. The van der Waals surface area contributed by atoms with Crippen molar-refractivity contribution in [1.29, 1.82) is 0 Å². The van der Waals surface area contributed by atoms with E-state index < -0.39 is 0 Å². The number of benzene rings is 1. The molecule has 0 aromatic heterocycles. The third-order valence-electron chi connectivity index (χ3n) is 3.93. The van der Waals surface area contributed by atoms with Crippen molar-refractivity contribution >= 4 is 0 Å². The van der Waals surface area contributed by atoms with Gasteiger partial charge in [-0.25, -0.2) is 0 Å². The van der Waals surface area contributed by atoms with Crippen LogP contribution < -0.4 is 5.32 Å². The van der Waals surface area contributed by atoms with E-state index in [2.05, 4.69) is 47.3 Å². The first kappa shape index (κ1) is 14.1. The lowest BCUT2D eigenvalue weighted by atomic mass is 10.0. The second-order valence-corrected chi connectivity index (χ2v) is 5.31. The normalized spacial score (nSPS) is 17.3. The van der Waals surface area contributed by atoms with Crippen molar-refractivity contribution in [2.75, 3.05) is 19.6 Å². The Morgan fingerprint density at radius 2 is 1.84 bits per heavy atom. The van der Waals surface area contributed by atoms with Crippen molar-refractivity contribution in [3.05, 3.63) is 35.4 Å². The molecule has 0 unspecified atom stereocenters. The molecule has 1 aliphatic rings. The summed E-state index contributed by atoms with van der Waals surface area (Å²) in [6.07, 6.45) is 8.86. The largest absolute Gasteiger partial charge is 0.310 e. The zero-order chi connectivity index (χ0) is 13.5. The molecule has 1 N–H and O–H groups in total. The van der Waals surface area contributed by atoms with Crippen LogP contribution in [0.3, 0.4) is 0 Å². The van der Waals surface area contributed by atoms with Gasteiger partial charge in [-0.15, -0.1) is 6.42 Å². The number of hydrogen-bond donors (Lipinski definition) is 1. The molecule has 1 aromatic rings. The van der Waals surface area contributed by atoms with Gasteiger partial charge in [-0.3, -0.25) is 4.90 Å². The molecule has 1 saturated heterocycles. The molecule has 1 aromatic carbocycles. The SMILES string of the molecule is C#CCN1CCC(NCc2ccc(CC)cc2)CC1. The third-order valence-corrected chi connectivity index (χ3v) is 3.93. The lowest BCUT2D eigenvalue weighted by Crippen LogP contribution is -2.42. The van der Waals surface area contributed by atoms with Gasteiger partial charge in [0.2, 0.25) is 0 Å². The van der Waals surface area contributed by atoms with Crippen LogP contribution in [0.1, 0.15) is 30.9 Å². The molecule has 0 atom stereocenters. The summed E-state index contributed by atoms with van der Waals surface area (Å²) >= 11 is 0. The molecule has 2 nitrogen and oxygen atoms in total. The first-order valence-electron chi connectivity index (χ1n) is 7.29. The molecule has 0 radical (unpaired) electrons. The summed E-state index contributed by atoms with van der Waals surface area (Å²) in [6, 6.07) is 9.57. The maximum atomic E-state index is 5.35. The molecular formula is C17H24N2. The lowest BCUT2D eigenvalue weighted by molar-refractivity contribution is 0.217. The highest BCUT2D eigenvalue weighted by Crippen LogP contribution is 2.11. The average molecular weight is 256 g/mol. The Kier molecular flexibility index (Phi) is 5.44. The smallest absolute Gasteiger partial charge is 0.0598 e. The molecule has 0 aliphatic carbocycles. The minimum Gasteiger partial charge on any atom is -0.310 e. The Bertz CT molecular complexity index is 408. The van der Waals surface area contributed by atoms with Crippen molar-refractivity contribution in [3.8, 4) is 12.3 Å². The van der Waals surface area contributed by atoms with E-state index in [0.29, 0.717) is 6.04 Å². The van der Waals surface area contributed by atoms with Crippen LogP contribution in [-0.2, 0) is 13.0 Å². The van der Waals surface area contributed by atoms with E-state index in [1.165, 1.54) is 24.0 Å². The van der Waals surface area contributed by atoms with Gasteiger partial charge in [0.05, 0.1) is 6.54 Å². The van der Waals surface area contributed by atoms with E-state index in [4.69, 9.17) is 6.42 Å². The van der Waals surface area contributed by atoms with Crippen molar-refractivity contribution in [3.63, 3.8) is 0 Å². The van der Waals surface area contributed by atoms with Crippen LogP contribution >= 0.6 is 0 Å². The van der Waals surface area contributed by atoms with Crippen molar-refractivity contribution in [1.82, 2.24) is 10.2 Å². The maximum absolute atomic E-state index is 5.35. The first-order chi connectivity index (χ1) is 9.31. The number of hydrogen-bond acceptors (Lipinski definition) is 2. The summed E-state index contributed by atoms with van der Waals surface area (Å²) in [7, 11) is 0. The van der Waals surface area contributed by atoms with Gasteiger partial charge < -0.3 is 5.32 Å². The van der Waals surface area contributed by atoms with Crippen LogP contribution in [0, 0.1) is 12.3 Å². The fraction of sp³-hybridized carbons (Fsp3) is 0.529. The quantitative estimate of drug-likeness (QED) is 0.814. The summed E-state index contributed by atoms with van der Waals surface area (Å²) in [5.74, 6) is 2.73. The van der Waals surface area contributed by atoms with E-state index in [1.807, 2.05) is 0 Å². The number of aryl methyl sites for hydroxylation is 1. The van der Waals surface area contributed by atoms with Gasteiger partial charge in [-0.1, -0.05) is 37.1 Å². The molecule has 1 aliphatic heterocycles. The summed E-state index contributed by atoms with van der Waals surface area (Å²) in [6.45, 7) is 6.21. The fourth-order valence-corrected chi connectivity index (χ4v) is 2.58. The van der Waals surface area contributed by atoms with Crippen LogP contribution in [0.4, 0.5) is 0 Å². The zero-order valence-corrected chi connectivity index (χ0v) is 11.9. The van der Waals surface area contributed by atoms with Gasteiger partial charge in [0.15, 0.2) is 0 Å². The van der Waals surface area contributed by atoms with Crippen LogP contribution in [0.25, 0.3) is 0 Å². The Hall–Kier alpha value is -1.30. The Morgan fingerprint density at radius 1 is 1.21 bits per heavy atom. The van der Waals surface area contributed by atoms with Gasteiger partial charge in [0, 0.05) is 25.7 Å². The van der Waals surface area contributed by atoms with Crippen LogP contribution in [0.2, 0.25) is 0 Å². The maximum Gasteiger partial charge on any atom is 0.0598 e. The van der Waals surface area contributed by atoms with Gasteiger partial charge in [-0.05, 0) is 30.4 Å². The van der Waals surface area contributed by atoms with Gasteiger partial charge in [-0.2, -0.15) is 0 Å². The highest BCUT2D eigenvalue weighted by molar-refractivity contribution is 5.22. The number of terminal acetylenes is 1. The second kappa shape index (κ2) is 7.33. The fourth-order valence-electron chi connectivity index (χ4n) is 2.58. The Balaban J connectivity index is 1.72. The van der Waals surface area contributed by atoms with E-state index in [9.17, 15) is 0 Å². The van der Waals surface area contributed by atoms with Crippen LogP contribution in [0.15, 0.2) is 24.3 Å². The molecule has 0 amide bonds. The average Bonchev–Trinajstić information content (AvgIpc) is 2.47. The summed E-state index contributed by atoms with van der Waals surface area (Å²) in [5, 5.41) is 3.66. The zero-order valence-electron chi connectivity index (χ0n) is 11.9. The monoisotopic (exact) mass is 256 g/mol. The predicted molar refractivity (Wildman–Crippen MR) is 81.0 cm³/mol. The van der Waals surface area contributed by atoms with E-state index >= 15 is 0 Å². The number of nitrogens with one attached hydrogen (secondary N) is 1. The van der Waals surface area contributed by atoms with E-state index in [-0.39, 0.29) is 0 Å². The van der Waals surface area contributed by atoms with Gasteiger partial charge in [0.1, 0.15) is 0 Å². The summed E-state index contributed by atoms with van der Waals surface area (Å²) < 4.78 is 0. The van der Waals surface area contributed by atoms with E-state index in [0.717, 1.165) is 32.6 Å². The number of piperidine rings is 1. The van der Waals surface area contributed by atoms with Gasteiger partial charge in [0.25, 0.3) is 0 Å². The molecule has 1 fully saturated rings. The lowest BCUT2D eigenvalue weighted by Gasteiger charge is -2.31. The molecule has 0 bridgehead atoms. The van der Waals surface area contributed by atoms with Crippen molar-refractivity contribution < 1.29 is 0 Å². The molecule has 0 spiro atoms. The Labute approximate surface area is 117 Å². The minimum absolute atomic E-state index is 0.639. The molecule has 0 saturated carbocycles. The highest BCUT2D eigenvalue weighted by atomic mass is 15.1. The summed E-state index contributed by atoms with van der Waals surface area (Å²) in [4.78, 5) is 2.36. The Morgan fingerprint density at radius 3 is 2.42 bits per heavy atom. The van der Waals surface area contributed by atoms with Crippen LogP contribution in [0.5, 0.6) is 0 Å². The molecule has 2 rings (SSSR count). The minimum atomic E-state index is 0.639. The topological polar surface area (TPSA) is 15.3 Å². The molecule has 1 heterocycles. The summed E-state index contributed by atoms with van der Waals surface area (Å²) in [5.41, 5.74) is 2.79. The third kappa shape index (κ3) is 4.38. The number of likely N-dealkylation sites (tertiary alicyclic amines) is 1. The number of nitrogens with zero attached hydrogens (tertiary/aromatic N) is 1. The number of rotatable bonds is 5. The van der Waals surface area contributed by atoms with Gasteiger partial charge >= 0.3 is 0 Å². The first-order valence-corrected chi connectivity index (χ1v) is 7.29. The molecular weight excluding hydrogens is 232 g/mol. The molecule has 19 heavy (non-hydrogen) atoms. The highest BCUT2D eigenvalue weighted by Gasteiger charge is 2.17. The molecule has 102 valence electrons.